The molecule has 0 bridgehead atoms. The van der Waals surface area contributed by atoms with Crippen LogP contribution >= 0.6 is 0 Å². The third-order valence-electron chi connectivity index (χ3n) is 6.47. The Morgan fingerprint density at radius 2 is 2.00 bits per heavy atom. The summed E-state index contributed by atoms with van der Waals surface area (Å²) in [5, 5.41) is 14.9. The minimum atomic E-state index is -0.500. The van der Waals surface area contributed by atoms with Crippen molar-refractivity contribution in [3.63, 3.8) is 0 Å². The molecule has 2 unspecified atom stereocenters. The zero-order valence-corrected chi connectivity index (χ0v) is 15.3. The van der Waals surface area contributed by atoms with Crippen LogP contribution in [0.4, 0.5) is 0 Å². The minimum Gasteiger partial charge on any atom is -0.392 e. The monoisotopic (exact) mass is 368 g/mol. The number of likely N-dealkylation sites (N-methyl/N-ethyl adjacent to an activating group) is 1. The summed E-state index contributed by atoms with van der Waals surface area (Å²) in [4.78, 5) is 30.9. The first-order valence-corrected chi connectivity index (χ1v) is 9.53. The van der Waals surface area contributed by atoms with Gasteiger partial charge in [-0.25, -0.2) is 0 Å². The van der Waals surface area contributed by atoms with E-state index in [1.807, 2.05) is 11.0 Å². The number of nitrogens with one attached hydrogen (secondary N) is 2. The van der Waals surface area contributed by atoms with Gasteiger partial charge in [-0.1, -0.05) is 12.1 Å². The third-order valence-corrected chi connectivity index (χ3v) is 6.47. The standard InChI is InChI=1S/C20H24N4O3/c1-23-7-12(8-24-9-16(25)22-17(26)10-24)20(27)19-13-3-2-4-14-18(13)11(6-21-14)5-15(19)23/h2-4,6,12,15,19-21,27H,5,7-10H2,1H3,(H,22,25,26)/t12?,15-,19-,20?/m1/s1. The Morgan fingerprint density at radius 1 is 1.22 bits per heavy atom. The number of piperidine rings is 1. The van der Waals surface area contributed by atoms with Crippen LogP contribution in [0.2, 0.25) is 0 Å². The number of likely N-dealkylation sites (tertiary alicyclic amines) is 1. The SMILES string of the molecule is CN1CC(CN2CC(=O)NC(=O)C2)C(O)[C@@H]2c3cccc4[nH]cc(c34)C[C@H]21. The average molecular weight is 368 g/mol. The molecular weight excluding hydrogens is 344 g/mol. The zero-order valence-electron chi connectivity index (χ0n) is 15.3. The molecule has 2 saturated heterocycles. The van der Waals surface area contributed by atoms with E-state index in [1.165, 1.54) is 16.5 Å². The van der Waals surface area contributed by atoms with Gasteiger partial charge in [0.2, 0.25) is 11.8 Å². The van der Waals surface area contributed by atoms with Crippen molar-refractivity contribution in [3.8, 4) is 0 Å². The maximum Gasteiger partial charge on any atom is 0.240 e. The molecule has 0 saturated carbocycles. The quantitative estimate of drug-likeness (QED) is 0.653. The first kappa shape index (κ1) is 16.9. The van der Waals surface area contributed by atoms with E-state index in [9.17, 15) is 14.7 Å². The van der Waals surface area contributed by atoms with Crippen molar-refractivity contribution in [2.24, 2.45) is 5.92 Å². The van der Waals surface area contributed by atoms with E-state index >= 15 is 0 Å². The number of hydrogen-bond donors (Lipinski definition) is 3. The molecule has 3 heterocycles. The van der Waals surface area contributed by atoms with Gasteiger partial charge in [0.1, 0.15) is 0 Å². The van der Waals surface area contributed by atoms with Crippen LogP contribution < -0.4 is 5.32 Å². The van der Waals surface area contributed by atoms with Crippen LogP contribution in [0.15, 0.2) is 24.4 Å². The second-order valence-corrected chi connectivity index (χ2v) is 8.21. The maximum atomic E-state index is 11.7. The fraction of sp³-hybridized carbons (Fsp3) is 0.500. The summed E-state index contributed by atoms with van der Waals surface area (Å²) >= 11 is 0. The smallest absolute Gasteiger partial charge is 0.240 e. The minimum absolute atomic E-state index is 0.00861. The van der Waals surface area contributed by atoms with Gasteiger partial charge in [-0.2, -0.15) is 0 Å². The number of imide groups is 1. The first-order valence-electron chi connectivity index (χ1n) is 9.53. The molecule has 7 nitrogen and oxygen atoms in total. The van der Waals surface area contributed by atoms with Crippen molar-refractivity contribution in [1.29, 1.82) is 0 Å². The summed E-state index contributed by atoms with van der Waals surface area (Å²) in [6.07, 6.45) is 2.52. The fourth-order valence-electron chi connectivity index (χ4n) is 5.36. The molecule has 2 fully saturated rings. The predicted octanol–water partition coefficient (Wildman–Crippen LogP) is 0.0571. The Balaban J connectivity index is 1.46. The number of piperazine rings is 1. The summed E-state index contributed by atoms with van der Waals surface area (Å²) in [7, 11) is 2.11. The molecule has 4 atom stereocenters. The summed E-state index contributed by atoms with van der Waals surface area (Å²) in [5.74, 6) is -0.495. The first-order chi connectivity index (χ1) is 13.0. The predicted molar refractivity (Wildman–Crippen MR) is 100 cm³/mol. The largest absolute Gasteiger partial charge is 0.392 e. The van der Waals surface area contributed by atoms with Crippen molar-refractivity contribution in [1.82, 2.24) is 20.1 Å². The second-order valence-electron chi connectivity index (χ2n) is 8.21. The summed E-state index contributed by atoms with van der Waals surface area (Å²) < 4.78 is 0. The molecule has 3 aliphatic rings. The molecule has 2 aromatic rings. The van der Waals surface area contributed by atoms with E-state index < -0.39 is 6.10 Å². The van der Waals surface area contributed by atoms with Crippen molar-refractivity contribution >= 4 is 22.7 Å². The lowest BCUT2D eigenvalue weighted by Crippen LogP contribution is -2.59. The highest BCUT2D eigenvalue weighted by molar-refractivity contribution is 5.99. The lowest BCUT2D eigenvalue weighted by Gasteiger charge is -2.49. The molecule has 27 heavy (non-hydrogen) atoms. The van der Waals surface area contributed by atoms with E-state index in [0.717, 1.165) is 18.5 Å². The molecule has 142 valence electrons. The fourth-order valence-corrected chi connectivity index (χ4v) is 5.36. The van der Waals surface area contributed by atoms with Crippen LogP contribution in [0.25, 0.3) is 10.9 Å². The van der Waals surface area contributed by atoms with Crippen LogP contribution in [0.1, 0.15) is 17.0 Å². The number of carbonyl (C=O) groups is 2. The van der Waals surface area contributed by atoms with E-state index in [-0.39, 0.29) is 42.8 Å². The highest BCUT2D eigenvalue weighted by Crippen LogP contribution is 2.44. The van der Waals surface area contributed by atoms with E-state index in [1.54, 1.807) is 0 Å². The zero-order chi connectivity index (χ0) is 18.7. The van der Waals surface area contributed by atoms with Crippen molar-refractivity contribution in [2.45, 2.75) is 24.5 Å². The summed E-state index contributed by atoms with van der Waals surface area (Å²) in [5.41, 5.74) is 3.64. The molecule has 2 aliphatic heterocycles. The van der Waals surface area contributed by atoms with Gasteiger partial charge < -0.3 is 15.0 Å². The Hall–Kier alpha value is -2.22. The molecule has 5 rings (SSSR count). The summed E-state index contributed by atoms with van der Waals surface area (Å²) in [6, 6.07) is 6.52. The molecule has 7 heteroatoms. The number of benzene rings is 1. The second kappa shape index (κ2) is 6.15. The summed E-state index contributed by atoms with van der Waals surface area (Å²) in [6.45, 7) is 1.73. The number of carbonyl (C=O) groups excluding carboxylic acids is 2. The van der Waals surface area contributed by atoms with Gasteiger partial charge in [-0.3, -0.25) is 19.8 Å². The molecule has 1 aromatic heterocycles. The topological polar surface area (TPSA) is 88.7 Å². The van der Waals surface area contributed by atoms with E-state index in [2.05, 4.69) is 40.6 Å². The molecule has 1 aliphatic carbocycles. The van der Waals surface area contributed by atoms with Crippen LogP contribution in [0, 0.1) is 5.92 Å². The van der Waals surface area contributed by atoms with Gasteiger partial charge in [-0.15, -0.1) is 0 Å². The highest BCUT2D eigenvalue weighted by atomic mass is 16.3. The highest BCUT2D eigenvalue weighted by Gasteiger charge is 2.45. The van der Waals surface area contributed by atoms with E-state index in [4.69, 9.17) is 0 Å². The lowest BCUT2D eigenvalue weighted by molar-refractivity contribution is -0.137. The van der Waals surface area contributed by atoms with E-state index in [0.29, 0.717) is 6.54 Å². The van der Waals surface area contributed by atoms with Crippen LogP contribution in [-0.2, 0) is 16.0 Å². The normalized spacial score (nSPS) is 31.8. The number of aliphatic hydroxyl groups is 1. The number of rotatable bonds is 2. The third kappa shape index (κ3) is 2.69. The Bertz CT molecular complexity index is 907. The van der Waals surface area contributed by atoms with Crippen molar-refractivity contribution < 1.29 is 14.7 Å². The van der Waals surface area contributed by atoms with Gasteiger partial charge in [0.25, 0.3) is 0 Å². The number of H-pyrrole nitrogens is 1. The molecule has 2 amide bonds. The number of fused-ring (bicyclic) bond motifs is 2. The number of amides is 2. The van der Waals surface area contributed by atoms with Crippen molar-refractivity contribution in [2.75, 3.05) is 33.2 Å². The number of hydrogen-bond acceptors (Lipinski definition) is 5. The number of aliphatic hydroxyl groups excluding tert-OH is 1. The van der Waals surface area contributed by atoms with Gasteiger partial charge >= 0.3 is 0 Å². The lowest BCUT2D eigenvalue weighted by atomic mass is 9.70. The number of aromatic amines is 1. The number of nitrogens with zero attached hydrogens (tertiary/aromatic N) is 2. The maximum absolute atomic E-state index is 11.7. The average Bonchev–Trinajstić information content (AvgIpc) is 3.03. The Morgan fingerprint density at radius 3 is 2.78 bits per heavy atom. The molecule has 3 N–H and O–H groups in total. The van der Waals surface area contributed by atoms with Gasteiger partial charge in [0.15, 0.2) is 0 Å². The molecule has 0 spiro atoms. The van der Waals surface area contributed by atoms with Crippen molar-refractivity contribution in [3.05, 3.63) is 35.5 Å². The van der Waals surface area contributed by atoms with Gasteiger partial charge in [0, 0.05) is 48.1 Å². The molecule has 1 aromatic carbocycles. The van der Waals surface area contributed by atoms with Crippen LogP contribution in [0.3, 0.4) is 0 Å². The van der Waals surface area contributed by atoms with Gasteiger partial charge in [0.05, 0.1) is 19.2 Å². The Labute approximate surface area is 157 Å². The number of aromatic nitrogens is 1. The van der Waals surface area contributed by atoms with Crippen LogP contribution in [-0.4, -0.2) is 77.1 Å². The molecular formula is C20H24N4O3. The van der Waals surface area contributed by atoms with Gasteiger partial charge in [-0.05, 0) is 30.7 Å². The van der Waals surface area contributed by atoms with Crippen LogP contribution in [0.5, 0.6) is 0 Å². The Kier molecular flexibility index (Phi) is 3.86. The molecule has 0 radical (unpaired) electrons.